The van der Waals surface area contributed by atoms with Crippen molar-refractivity contribution >= 4 is 29.3 Å². The molecule has 2 fully saturated rings. The number of ether oxygens (including phenoxy) is 2. The number of para-hydroxylation sites is 1. The van der Waals surface area contributed by atoms with Gasteiger partial charge in [-0.1, -0.05) is 18.2 Å². The quantitative estimate of drug-likeness (QED) is 0.709. The van der Waals surface area contributed by atoms with E-state index in [1.807, 2.05) is 60.3 Å². The number of rotatable bonds is 6. The van der Waals surface area contributed by atoms with E-state index < -0.39 is 6.04 Å². The predicted molar refractivity (Wildman–Crippen MR) is 127 cm³/mol. The molecule has 6 nitrogen and oxygen atoms in total. The van der Waals surface area contributed by atoms with Gasteiger partial charge in [-0.05, 0) is 61.1 Å². The minimum absolute atomic E-state index is 0.00388. The maximum Gasteiger partial charge on any atom is 0.227 e. The lowest BCUT2D eigenvalue weighted by atomic mass is 9.82. The highest BCUT2D eigenvalue weighted by atomic mass is 32.2. The molecule has 4 rings (SSSR count). The first-order chi connectivity index (χ1) is 15.6. The van der Waals surface area contributed by atoms with Crippen LogP contribution < -0.4 is 19.7 Å². The van der Waals surface area contributed by atoms with Crippen molar-refractivity contribution < 1.29 is 19.1 Å². The third kappa shape index (κ3) is 4.72. The van der Waals surface area contributed by atoms with Crippen molar-refractivity contribution in [2.75, 3.05) is 30.6 Å². The molecule has 7 heteroatoms. The van der Waals surface area contributed by atoms with E-state index in [-0.39, 0.29) is 23.8 Å². The molecule has 170 valence electrons. The molecule has 2 heterocycles. The minimum atomic E-state index is -0.446. The molecule has 2 aliphatic rings. The van der Waals surface area contributed by atoms with Crippen molar-refractivity contribution in [2.24, 2.45) is 5.92 Å². The number of benzene rings is 2. The Bertz CT molecular complexity index is 943. The number of hydrogen-bond donors (Lipinski definition) is 1. The first kappa shape index (κ1) is 22.5. The van der Waals surface area contributed by atoms with Crippen molar-refractivity contribution in [1.29, 1.82) is 0 Å². The lowest BCUT2D eigenvalue weighted by Crippen LogP contribution is -2.50. The van der Waals surface area contributed by atoms with Gasteiger partial charge in [0.2, 0.25) is 11.8 Å². The maximum atomic E-state index is 13.5. The molecule has 0 aliphatic carbocycles. The fraction of sp³-hybridized carbons (Fsp3) is 0.440. The zero-order chi connectivity index (χ0) is 22.5. The summed E-state index contributed by atoms with van der Waals surface area (Å²) in [6.45, 7) is 0. The standard InChI is InChI=1S/C25H30N2O4S/c1-30-19-9-7-18(8-10-19)27-23(28)12-11-21(25(29)26-17-13-15-32-16-14-17)24(27)20-5-3-4-6-22(20)31-2/h3-10,17,21,24H,11-16H2,1-2H3,(H,26,29). The number of nitrogens with zero attached hydrogens (tertiary/aromatic N) is 1. The second kappa shape index (κ2) is 10.3. The number of amides is 2. The van der Waals surface area contributed by atoms with E-state index in [0.717, 1.165) is 41.3 Å². The Morgan fingerprint density at radius 1 is 1.00 bits per heavy atom. The summed E-state index contributed by atoms with van der Waals surface area (Å²) in [5, 5.41) is 3.28. The number of piperidine rings is 1. The molecule has 2 aromatic carbocycles. The van der Waals surface area contributed by atoms with E-state index in [1.54, 1.807) is 19.1 Å². The fourth-order valence-corrected chi connectivity index (χ4v) is 5.74. The Labute approximate surface area is 193 Å². The van der Waals surface area contributed by atoms with Gasteiger partial charge in [0, 0.05) is 23.7 Å². The second-order valence-electron chi connectivity index (χ2n) is 8.19. The number of hydrogen-bond acceptors (Lipinski definition) is 5. The van der Waals surface area contributed by atoms with Crippen LogP contribution in [0.4, 0.5) is 5.69 Å². The Balaban J connectivity index is 1.72. The van der Waals surface area contributed by atoms with Crippen molar-refractivity contribution in [3.05, 3.63) is 54.1 Å². The van der Waals surface area contributed by atoms with Gasteiger partial charge in [0.25, 0.3) is 0 Å². The van der Waals surface area contributed by atoms with Crippen LogP contribution in [0.25, 0.3) is 0 Å². The zero-order valence-electron chi connectivity index (χ0n) is 18.6. The van der Waals surface area contributed by atoms with Crippen molar-refractivity contribution in [3.63, 3.8) is 0 Å². The molecule has 2 amide bonds. The number of carbonyl (C=O) groups is 2. The van der Waals surface area contributed by atoms with Gasteiger partial charge in [-0.2, -0.15) is 11.8 Å². The Kier molecular flexibility index (Phi) is 7.25. The topological polar surface area (TPSA) is 67.9 Å². The molecule has 0 saturated carbocycles. The van der Waals surface area contributed by atoms with E-state index in [0.29, 0.717) is 18.6 Å². The number of carbonyl (C=O) groups excluding carboxylic acids is 2. The van der Waals surface area contributed by atoms with E-state index in [9.17, 15) is 9.59 Å². The van der Waals surface area contributed by atoms with Crippen LogP contribution >= 0.6 is 11.8 Å². The maximum absolute atomic E-state index is 13.5. The van der Waals surface area contributed by atoms with Crippen LogP contribution in [0.3, 0.4) is 0 Å². The van der Waals surface area contributed by atoms with Crippen molar-refractivity contribution in [3.8, 4) is 11.5 Å². The second-order valence-corrected chi connectivity index (χ2v) is 9.41. The van der Waals surface area contributed by atoms with Crippen molar-refractivity contribution in [1.82, 2.24) is 5.32 Å². The summed E-state index contributed by atoms with van der Waals surface area (Å²) in [6.07, 6.45) is 2.82. The van der Waals surface area contributed by atoms with E-state index >= 15 is 0 Å². The molecule has 0 radical (unpaired) electrons. The summed E-state index contributed by atoms with van der Waals surface area (Å²) in [5.41, 5.74) is 1.59. The lowest BCUT2D eigenvalue weighted by molar-refractivity contribution is -0.129. The first-order valence-corrected chi connectivity index (χ1v) is 12.2. The van der Waals surface area contributed by atoms with Gasteiger partial charge >= 0.3 is 0 Å². The summed E-state index contributed by atoms with van der Waals surface area (Å²) in [6, 6.07) is 14.8. The van der Waals surface area contributed by atoms with E-state index in [1.165, 1.54) is 0 Å². The van der Waals surface area contributed by atoms with Crippen LogP contribution in [0.15, 0.2) is 48.5 Å². The molecular formula is C25H30N2O4S. The first-order valence-electron chi connectivity index (χ1n) is 11.1. The summed E-state index contributed by atoms with van der Waals surface area (Å²) in [4.78, 5) is 28.5. The summed E-state index contributed by atoms with van der Waals surface area (Å²) < 4.78 is 10.9. The molecule has 2 saturated heterocycles. The molecule has 1 N–H and O–H groups in total. The van der Waals surface area contributed by atoms with Crippen LogP contribution in [0.5, 0.6) is 11.5 Å². The largest absolute Gasteiger partial charge is 0.497 e. The Hall–Kier alpha value is -2.67. The molecule has 2 unspecified atom stereocenters. The third-order valence-electron chi connectivity index (χ3n) is 6.31. The van der Waals surface area contributed by atoms with Gasteiger partial charge in [0.1, 0.15) is 11.5 Å². The average Bonchev–Trinajstić information content (AvgIpc) is 2.84. The highest BCUT2D eigenvalue weighted by Gasteiger charge is 2.43. The molecule has 0 bridgehead atoms. The Morgan fingerprint density at radius 3 is 2.41 bits per heavy atom. The molecular weight excluding hydrogens is 424 g/mol. The van der Waals surface area contributed by atoms with Gasteiger partial charge < -0.3 is 19.7 Å². The average molecular weight is 455 g/mol. The third-order valence-corrected chi connectivity index (χ3v) is 7.36. The number of thioether (sulfide) groups is 1. The van der Waals surface area contributed by atoms with Crippen LogP contribution in [0.1, 0.15) is 37.3 Å². The zero-order valence-corrected chi connectivity index (χ0v) is 19.4. The number of anilines is 1. The molecule has 2 aromatic rings. The van der Waals surface area contributed by atoms with Gasteiger partial charge in [0.05, 0.1) is 26.2 Å². The summed E-state index contributed by atoms with van der Waals surface area (Å²) >= 11 is 1.93. The normalized spacial score (nSPS) is 21.8. The minimum Gasteiger partial charge on any atom is -0.497 e. The predicted octanol–water partition coefficient (Wildman–Crippen LogP) is 4.20. The highest BCUT2D eigenvalue weighted by Crippen LogP contribution is 2.43. The lowest BCUT2D eigenvalue weighted by Gasteiger charge is -2.41. The molecule has 2 atom stereocenters. The molecule has 0 aromatic heterocycles. The van der Waals surface area contributed by atoms with Gasteiger partial charge in [-0.25, -0.2) is 0 Å². The highest BCUT2D eigenvalue weighted by molar-refractivity contribution is 7.99. The molecule has 32 heavy (non-hydrogen) atoms. The van der Waals surface area contributed by atoms with Gasteiger partial charge in [-0.15, -0.1) is 0 Å². The molecule has 0 spiro atoms. The smallest absolute Gasteiger partial charge is 0.227 e. The van der Waals surface area contributed by atoms with Crippen LogP contribution in [0.2, 0.25) is 0 Å². The van der Waals surface area contributed by atoms with Crippen LogP contribution in [-0.4, -0.2) is 43.6 Å². The fourth-order valence-electron chi connectivity index (χ4n) is 4.63. The SMILES string of the molecule is COc1ccc(N2C(=O)CCC(C(=O)NC3CCSCC3)C2c2ccccc2OC)cc1. The van der Waals surface area contributed by atoms with E-state index in [4.69, 9.17) is 9.47 Å². The summed E-state index contributed by atoms with van der Waals surface area (Å²) in [5.74, 6) is 3.20. The number of methoxy groups -OCH3 is 2. The molecule has 2 aliphatic heterocycles. The van der Waals surface area contributed by atoms with E-state index in [2.05, 4.69) is 5.32 Å². The van der Waals surface area contributed by atoms with Gasteiger partial charge in [-0.3, -0.25) is 9.59 Å². The van der Waals surface area contributed by atoms with Crippen LogP contribution in [0, 0.1) is 5.92 Å². The van der Waals surface area contributed by atoms with Crippen molar-refractivity contribution in [2.45, 2.75) is 37.8 Å². The van der Waals surface area contributed by atoms with Gasteiger partial charge in [0.15, 0.2) is 0 Å². The monoisotopic (exact) mass is 454 g/mol. The van der Waals surface area contributed by atoms with Crippen LogP contribution in [-0.2, 0) is 9.59 Å². The summed E-state index contributed by atoms with van der Waals surface area (Å²) in [7, 11) is 3.23. The number of nitrogens with one attached hydrogen (secondary N) is 1. The Morgan fingerprint density at radius 2 is 1.72 bits per heavy atom.